The number of fused-ring (bicyclic) bond motifs is 1. The van der Waals surface area contributed by atoms with Gasteiger partial charge in [-0.3, -0.25) is 4.79 Å². The number of nitrogens with one attached hydrogen (secondary N) is 1. The van der Waals surface area contributed by atoms with Crippen molar-refractivity contribution in [1.82, 2.24) is 15.4 Å². The summed E-state index contributed by atoms with van der Waals surface area (Å²) in [5, 5.41) is 18.9. The first-order chi connectivity index (χ1) is 7.16. The van der Waals surface area contributed by atoms with E-state index in [1.165, 1.54) is 0 Å². The van der Waals surface area contributed by atoms with Crippen LogP contribution in [0.4, 0.5) is 0 Å². The van der Waals surface area contributed by atoms with Crippen molar-refractivity contribution in [3.8, 4) is 0 Å². The van der Waals surface area contributed by atoms with E-state index in [2.05, 4.69) is 15.4 Å². The van der Waals surface area contributed by atoms with Gasteiger partial charge >= 0.3 is 5.97 Å². The molecule has 0 spiro atoms. The van der Waals surface area contributed by atoms with E-state index in [1.54, 1.807) is 18.2 Å². The van der Waals surface area contributed by atoms with Crippen LogP contribution in [0.5, 0.6) is 0 Å². The van der Waals surface area contributed by atoms with Gasteiger partial charge in [0.2, 0.25) is 0 Å². The minimum absolute atomic E-state index is 0.290. The van der Waals surface area contributed by atoms with Crippen LogP contribution >= 0.6 is 0 Å². The second-order valence-corrected chi connectivity index (χ2v) is 3.30. The number of rotatable bonds is 3. The van der Waals surface area contributed by atoms with Crippen LogP contribution in [0.2, 0.25) is 0 Å². The van der Waals surface area contributed by atoms with Gasteiger partial charge in [0.1, 0.15) is 17.1 Å². The Morgan fingerprint density at radius 3 is 2.93 bits per heavy atom. The summed E-state index contributed by atoms with van der Waals surface area (Å²) >= 11 is 0. The molecule has 0 saturated heterocycles. The molecule has 0 aliphatic rings. The molecule has 0 unspecified atom stereocenters. The highest BCUT2D eigenvalue weighted by atomic mass is 16.4. The van der Waals surface area contributed by atoms with E-state index in [9.17, 15) is 4.79 Å². The second-order valence-electron chi connectivity index (χ2n) is 3.30. The number of carboxylic acid groups (broad SMARTS) is 1. The fraction of sp³-hybridized carbons (Fsp3) is 0.222. The van der Waals surface area contributed by atoms with Gasteiger partial charge in [-0.05, 0) is 24.1 Å². The van der Waals surface area contributed by atoms with Crippen molar-refractivity contribution in [2.24, 2.45) is 5.73 Å². The lowest BCUT2D eigenvalue weighted by molar-refractivity contribution is -0.138. The smallest absolute Gasteiger partial charge is 0.320 e. The first-order valence-electron chi connectivity index (χ1n) is 4.44. The average molecular weight is 206 g/mol. The molecule has 0 fully saturated rings. The topological polar surface area (TPSA) is 105 Å². The quantitative estimate of drug-likeness (QED) is 0.651. The maximum atomic E-state index is 10.6. The maximum absolute atomic E-state index is 10.6. The number of hydrogen-bond acceptors (Lipinski definition) is 4. The zero-order chi connectivity index (χ0) is 10.8. The Morgan fingerprint density at radius 1 is 1.47 bits per heavy atom. The number of carboxylic acids is 1. The highest BCUT2D eigenvalue weighted by Crippen LogP contribution is 2.11. The fourth-order valence-electron chi connectivity index (χ4n) is 1.35. The molecule has 0 bridgehead atoms. The van der Waals surface area contributed by atoms with Crippen LogP contribution in [0.25, 0.3) is 11.0 Å². The number of aromatic amines is 1. The Labute approximate surface area is 85.1 Å². The molecule has 0 amide bonds. The zero-order valence-corrected chi connectivity index (χ0v) is 7.84. The van der Waals surface area contributed by atoms with Crippen LogP contribution in [-0.2, 0) is 11.2 Å². The molecule has 6 heteroatoms. The molecule has 1 aromatic carbocycles. The highest BCUT2D eigenvalue weighted by molar-refractivity contribution is 5.76. The van der Waals surface area contributed by atoms with Crippen molar-refractivity contribution in [3.63, 3.8) is 0 Å². The molecule has 0 aliphatic heterocycles. The van der Waals surface area contributed by atoms with Gasteiger partial charge in [-0.25, -0.2) is 0 Å². The van der Waals surface area contributed by atoms with Crippen LogP contribution in [0.1, 0.15) is 5.56 Å². The third-order valence-corrected chi connectivity index (χ3v) is 2.15. The van der Waals surface area contributed by atoms with E-state index in [-0.39, 0.29) is 6.42 Å². The molecule has 1 aromatic heterocycles. The number of nitrogens with two attached hydrogens (primary N) is 1. The molecule has 1 atom stereocenters. The normalized spacial score (nSPS) is 12.9. The summed E-state index contributed by atoms with van der Waals surface area (Å²) in [6, 6.07) is 4.48. The highest BCUT2D eigenvalue weighted by Gasteiger charge is 2.12. The summed E-state index contributed by atoms with van der Waals surface area (Å²) in [6.45, 7) is 0. The number of nitrogens with zero attached hydrogens (tertiary/aromatic N) is 2. The van der Waals surface area contributed by atoms with Gasteiger partial charge in [-0.1, -0.05) is 6.07 Å². The van der Waals surface area contributed by atoms with Gasteiger partial charge in [-0.2, -0.15) is 15.4 Å². The summed E-state index contributed by atoms with van der Waals surface area (Å²) < 4.78 is 0. The molecule has 6 nitrogen and oxygen atoms in total. The number of H-pyrrole nitrogens is 1. The molecule has 0 saturated carbocycles. The van der Waals surface area contributed by atoms with Crippen molar-refractivity contribution in [1.29, 1.82) is 0 Å². The van der Waals surface area contributed by atoms with E-state index in [1.807, 2.05) is 0 Å². The lowest BCUT2D eigenvalue weighted by Crippen LogP contribution is -2.32. The molecule has 1 heterocycles. The average Bonchev–Trinajstić information content (AvgIpc) is 2.64. The number of carbonyl (C=O) groups is 1. The monoisotopic (exact) mass is 206 g/mol. The van der Waals surface area contributed by atoms with Crippen LogP contribution in [0.3, 0.4) is 0 Å². The van der Waals surface area contributed by atoms with Gasteiger partial charge in [0.05, 0.1) is 0 Å². The van der Waals surface area contributed by atoms with Gasteiger partial charge in [-0.15, -0.1) is 0 Å². The van der Waals surface area contributed by atoms with E-state index < -0.39 is 12.0 Å². The first kappa shape index (κ1) is 9.60. The summed E-state index contributed by atoms with van der Waals surface area (Å²) in [5.74, 6) is -1.00. The van der Waals surface area contributed by atoms with Crippen molar-refractivity contribution < 1.29 is 9.90 Å². The second kappa shape index (κ2) is 3.66. The SMILES string of the molecule is N[C@@H](Cc1ccc2n[nH]nc2c1)C(=O)O. The Morgan fingerprint density at radius 2 is 2.20 bits per heavy atom. The molecule has 2 aromatic rings. The molecule has 4 N–H and O–H groups in total. The summed E-state index contributed by atoms with van der Waals surface area (Å²) in [6.07, 6.45) is 0.290. The zero-order valence-electron chi connectivity index (χ0n) is 7.84. The van der Waals surface area contributed by atoms with Crippen LogP contribution in [-0.4, -0.2) is 32.5 Å². The first-order valence-corrected chi connectivity index (χ1v) is 4.44. The standard InChI is InChI=1S/C9H10N4O2/c10-6(9(14)15)3-5-1-2-7-8(4-5)12-13-11-7/h1-2,4,6H,3,10H2,(H,14,15)(H,11,12,13)/t6-/m0/s1. The van der Waals surface area contributed by atoms with Crippen LogP contribution in [0.15, 0.2) is 18.2 Å². The van der Waals surface area contributed by atoms with Gasteiger partial charge < -0.3 is 10.8 Å². The summed E-state index contributed by atoms with van der Waals surface area (Å²) in [5.41, 5.74) is 7.73. The number of aromatic nitrogens is 3. The predicted octanol–water partition coefficient (Wildman–Crippen LogP) is -0.0877. The number of aliphatic carboxylic acids is 1. The molecule has 78 valence electrons. The number of hydrogen-bond donors (Lipinski definition) is 3. The molecular weight excluding hydrogens is 196 g/mol. The van der Waals surface area contributed by atoms with Gasteiger partial charge in [0, 0.05) is 0 Å². The maximum Gasteiger partial charge on any atom is 0.320 e. The summed E-state index contributed by atoms with van der Waals surface area (Å²) in [4.78, 5) is 10.6. The Hall–Kier alpha value is -1.95. The van der Waals surface area contributed by atoms with E-state index in [0.29, 0.717) is 5.52 Å². The minimum atomic E-state index is -1.00. The lowest BCUT2D eigenvalue weighted by atomic mass is 10.1. The van der Waals surface area contributed by atoms with Crippen molar-refractivity contribution in [2.45, 2.75) is 12.5 Å². The van der Waals surface area contributed by atoms with Crippen LogP contribution in [0, 0.1) is 0 Å². The molecule has 0 aliphatic carbocycles. The lowest BCUT2D eigenvalue weighted by Gasteiger charge is -2.05. The van der Waals surface area contributed by atoms with Crippen molar-refractivity contribution >= 4 is 17.0 Å². The van der Waals surface area contributed by atoms with Crippen LogP contribution < -0.4 is 5.73 Å². The summed E-state index contributed by atoms with van der Waals surface area (Å²) in [7, 11) is 0. The van der Waals surface area contributed by atoms with E-state index in [4.69, 9.17) is 10.8 Å². The van der Waals surface area contributed by atoms with E-state index >= 15 is 0 Å². The van der Waals surface area contributed by atoms with Crippen molar-refractivity contribution in [2.75, 3.05) is 0 Å². The van der Waals surface area contributed by atoms with E-state index in [0.717, 1.165) is 11.1 Å². The Balaban J connectivity index is 2.24. The largest absolute Gasteiger partial charge is 0.480 e. The minimum Gasteiger partial charge on any atom is -0.480 e. The predicted molar refractivity (Wildman–Crippen MR) is 53.2 cm³/mol. The molecular formula is C9H10N4O2. The van der Waals surface area contributed by atoms with Gasteiger partial charge in [0.25, 0.3) is 0 Å². The third-order valence-electron chi connectivity index (χ3n) is 2.15. The molecule has 2 rings (SSSR count). The molecule has 0 radical (unpaired) electrons. The molecule has 15 heavy (non-hydrogen) atoms. The van der Waals surface area contributed by atoms with Crippen molar-refractivity contribution in [3.05, 3.63) is 23.8 Å². The Kier molecular flexibility index (Phi) is 2.34. The Bertz CT molecular complexity index is 494. The number of benzene rings is 1. The van der Waals surface area contributed by atoms with Gasteiger partial charge in [0.15, 0.2) is 0 Å². The fourth-order valence-corrected chi connectivity index (χ4v) is 1.35. The third kappa shape index (κ3) is 1.94.